The molecule has 4 nitrogen and oxygen atoms in total. The van der Waals surface area contributed by atoms with Gasteiger partial charge in [-0.15, -0.1) is 0 Å². The lowest BCUT2D eigenvalue weighted by molar-refractivity contribution is -0.136. The summed E-state index contributed by atoms with van der Waals surface area (Å²) in [6.07, 6.45) is 11.4. The topological polar surface area (TPSA) is 77.8 Å². The second kappa shape index (κ2) is 10.5. The third-order valence-corrected chi connectivity index (χ3v) is 8.31. The van der Waals surface area contributed by atoms with Crippen molar-refractivity contribution in [2.45, 2.75) is 104 Å². The molecule has 0 spiro atoms. The third kappa shape index (κ3) is 5.20. The van der Waals surface area contributed by atoms with Gasteiger partial charge < -0.3 is 15.3 Å². The average molecular weight is 431 g/mol. The second-order valence-electron chi connectivity index (χ2n) is 10.6. The number of hydrogen-bond donors (Lipinski definition) is 3. The number of allylic oxidation sites excluding steroid dienone is 2. The summed E-state index contributed by atoms with van der Waals surface area (Å²) in [6.45, 7) is 6.68. The molecule has 0 saturated heterocycles. The molecular formula is C27H42O4. The molecule has 0 aliphatic heterocycles. The van der Waals surface area contributed by atoms with Crippen molar-refractivity contribution in [3.8, 4) is 11.8 Å². The Bertz CT molecular complexity index is 708. The van der Waals surface area contributed by atoms with E-state index < -0.39 is 18.2 Å². The fraction of sp³-hybridized carbons (Fsp3) is 0.815. The van der Waals surface area contributed by atoms with Crippen LogP contribution in [0, 0.1) is 46.8 Å². The second-order valence-corrected chi connectivity index (χ2v) is 10.6. The standard InChI is InChI=1S/C27H42O4/c1-4-27-16-15-24(29)20(13-14-23(28)19-9-6-5-7-10-19)26(27)21(17-18(2)3)22(27)11-8-12-25(30)31/h11,18-21,23-24,26,28-29H,4-10,12,15-17H2,1-3H3,(H,30,31)/t20-,21?,23?,24+,26-,27+/m1/s1. The molecule has 174 valence electrons. The van der Waals surface area contributed by atoms with Crippen LogP contribution in [-0.2, 0) is 4.79 Å². The van der Waals surface area contributed by atoms with Crippen molar-refractivity contribution in [2.24, 2.45) is 35.0 Å². The fourth-order valence-electron chi connectivity index (χ4n) is 6.81. The summed E-state index contributed by atoms with van der Waals surface area (Å²) >= 11 is 0. The van der Waals surface area contributed by atoms with Crippen LogP contribution in [0.5, 0.6) is 0 Å². The number of carbonyl (C=O) groups is 1. The lowest BCUT2D eigenvalue weighted by Gasteiger charge is -2.64. The van der Waals surface area contributed by atoms with Crippen LogP contribution in [0.25, 0.3) is 0 Å². The van der Waals surface area contributed by atoms with E-state index >= 15 is 0 Å². The highest BCUT2D eigenvalue weighted by atomic mass is 16.4. The Kier molecular flexibility index (Phi) is 8.27. The molecule has 3 aliphatic rings. The molecule has 6 atom stereocenters. The molecule has 0 aromatic rings. The third-order valence-electron chi connectivity index (χ3n) is 8.31. The molecular weight excluding hydrogens is 388 g/mol. The van der Waals surface area contributed by atoms with E-state index in [1.807, 2.05) is 0 Å². The van der Waals surface area contributed by atoms with E-state index in [1.165, 1.54) is 24.8 Å². The molecule has 31 heavy (non-hydrogen) atoms. The van der Waals surface area contributed by atoms with Crippen LogP contribution >= 0.6 is 0 Å². The van der Waals surface area contributed by atoms with Gasteiger partial charge in [0.2, 0.25) is 0 Å². The van der Waals surface area contributed by atoms with Gasteiger partial charge in [-0.1, -0.05) is 63.5 Å². The fourth-order valence-corrected chi connectivity index (χ4v) is 6.81. The van der Waals surface area contributed by atoms with Crippen molar-refractivity contribution in [2.75, 3.05) is 0 Å². The summed E-state index contributed by atoms with van der Waals surface area (Å²) in [4.78, 5) is 11.0. The van der Waals surface area contributed by atoms with Gasteiger partial charge in [0.05, 0.1) is 12.0 Å². The van der Waals surface area contributed by atoms with Crippen LogP contribution in [0.15, 0.2) is 11.6 Å². The molecule has 0 bridgehead atoms. The van der Waals surface area contributed by atoms with E-state index in [9.17, 15) is 15.0 Å². The summed E-state index contributed by atoms with van der Waals surface area (Å²) in [6, 6.07) is 0. The van der Waals surface area contributed by atoms with E-state index in [0.29, 0.717) is 24.2 Å². The van der Waals surface area contributed by atoms with Gasteiger partial charge in [0.1, 0.15) is 6.10 Å². The molecule has 0 amide bonds. The van der Waals surface area contributed by atoms with Gasteiger partial charge in [0.25, 0.3) is 0 Å². The Morgan fingerprint density at radius 2 is 1.94 bits per heavy atom. The Morgan fingerprint density at radius 3 is 2.55 bits per heavy atom. The maximum Gasteiger partial charge on any atom is 0.303 e. The molecule has 2 unspecified atom stereocenters. The number of carboxylic acids is 1. The SMILES string of the molecule is CC[C@@]12CC[C@H](O)[C@@H](C#CC(O)C3CCCCC3)[C@@H]1C(CC(C)C)C2=CCCC(=O)O. The molecule has 4 heteroatoms. The van der Waals surface area contributed by atoms with E-state index in [4.69, 9.17) is 5.11 Å². The van der Waals surface area contributed by atoms with Gasteiger partial charge in [-0.2, -0.15) is 0 Å². The van der Waals surface area contributed by atoms with Crippen LogP contribution < -0.4 is 0 Å². The van der Waals surface area contributed by atoms with E-state index in [-0.39, 0.29) is 23.7 Å². The minimum absolute atomic E-state index is 0.0342. The van der Waals surface area contributed by atoms with Crippen LogP contribution in [0.1, 0.15) is 91.4 Å². The van der Waals surface area contributed by atoms with Crippen LogP contribution in [-0.4, -0.2) is 33.5 Å². The normalized spacial score (nSPS) is 35.7. The summed E-state index contributed by atoms with van der Waals surface area (Å²) in [5.41, 5.74) is 1.45. The van der Waals surface area contributed by atoms with Crippen LogP contribution in [0.4, 0.5) is 0 Å². The Labute approximate surface area is 188 Å². The number of hydrogen-bond acceptors (Lipinski definition) is 3. The first-order valence-electron chi connectivity index (χ1n) is 12.6. The Balaban J connectivity index is 1.85. The molecule has 0 aromatic carbocycles. The van der Waals surface area contributed by atoms with Crippen molar-refractivity contribution < 1.29 is 20.1 Å². The van der Waals surface area contributed by atoms with Crippen LogP contribution in [0.3, 0.4) is 0 Å². The number of aliphatic hydroxyl groups is 2. The molecule has 3 saturated carbocycles. The van der Waals surface area contributed by atoms with Crippen molar-refractivity contribution >= 4 is 5.97 Å². The van der Waals surface area contributed by atoms with Gasteiger partial charge in [0.15, 0.2) is 0 Å². The maximum absolute atomic E-state index is 11.0. The van der Waals surface area contributed by atoms with E-state index in [1.54, 1.807) is 0 Å². The Morgan fingerprint density at radius 1 is 1.23 bits per heavy atom. The first-order chi connectivity index (χ1) is 14.8. The van der Waals surface area contributed by atoms with Gasteiger partial charge in [0, 0.05) is 6.42 Å². The van der Waals surface area contributed by atoms with Gasteiger partial charge in [-0.3, -0.25) is 4.79 Å². The number of aliphatic hydroxyl groups excluding tert-OH is 2. The zero-order valence-electron chi connectivity index (χ0n) is 19.6. The minimum Gasteiger partial charge on any atom is -0.481 e. The average Bonchev–Trinajstić information content (AvgIpc) is 2.74. The number of fused-ring (bicyclic) bond motifs is 1. The molecule has 3 rings (SSSR count). The largest absolute Gasteiger partial charge is 0.481 e. The summed E-state index contributed by atoms with van der Waals surface area (Å²) in [5.74, 6) is 7.16. The zero-order valence-corrected chi connectivity index (χ0v) is 19.6. The summed E-state index contributed by atoms with van der Waals surface area (Å²) in [7, 11) is 0. The van der Waals surface area contributed by atoms with Crippen LogP contribution in [0.2, 0.25) is 0 Å². The smallest absolute Gasteiger partial charge is 0.303 e. The van der Waals surface area contributed by atoms with Crippen molar-refractivity contribution in [1.82, 2.24) is 0 Å². The lowest BCUT2D eigenvalue weighted by atomic mass is 9.40. The van der Waals surface area contributed by atoms with Gasteiger partial charge >= 0.3 is 5.97 Å². The number of aliphatic carboxylic acids is 1. The maximum atomic E-state index is 11.0. The highest BCUT2D eigenvalue weighted by Gasteiger charge is 2.61. The molecule has 0 aromatic heterocycles. The highest BCUT2D eigenvalue weighted by molar-refractivity contribution is 5.66. The quantitative estimate of drug-likeness (QED) is 0.384. The van der Waals surface area contributed by atoms with E-state index in [2.05, 4.69) is 38.7 Å². The van der Waals surface area contributed by atoms with E-state index in [0.717, 1.165) is 38.5 Å². The predicted octanol–water partition coefficient (Wildman–Crippen LogP) is 5.18. The van der Waals surface area contributed by atoms with Gasteiger partial charge in [-0.05, 0) is 74.0 Å². The Hall–Kier alpha value is -1.31. The monoisotopic (exact) mass is 430 g/mol. The first-order valence-corrected chi connectivity index (χ1v) is 12.6. The molecule has 3 N–H and O–H groups in total. The summed E-state index contributed by atoms with van der Waals surface area (Å²) < 4.78 is 0. The van der Waals surface area contributed by atoms with Gasteiger partial charge in [-0.25, -0.2) is 0 Å². The molecule has 3 fully saturated rings. The number of carboxylic acid groups (broad SMARTS) is 1. The first kappa shape index (κ1) is 24.3. The zero-order chi connectivity index (χ0) is 22.6. The molecule has 3 aliphatic carbocycles. The summed E-state index contributed by atoms with van der Waals surface area (Å²) in [5, 5.41) is 30.7. The number of rotatable bonds is 7. The lowest BCUT2D eigenvalue weighted by Crippen LogP contribution is -2.59. The van der Waals surface area contributed by atoms with Crippen molar-refractivity contribution in [3.05, 3.63) is 11.6 Å². The highest BCUT2D eigenvalue weighted by Crippen LogP contribution is 2.67. The minimum atomic E-state index is -0.752. The van der Waals surface area contributed by atoms with Crippen molar-refractivity contribution in [1.29, 1.82) is 0 Å². The predicted molar refractivity (Wildman–Crippen MR) is 123 cm³/mol. The molecule has 0 radical (unpaired) electrons. The molecule has 0 heterocycles. The van der Waals surface area contributed by atoms with Crippen molar-refractivity contribution in [3.63, 3.8) is 0 Å².